The predicted octanol–water partition coefficient (Wildman–Crippen LogP) is 2.82. The highest BCUT2D eigenvalue weighted by atomic mass is 16.2. The van der Waals surface area contributed by atoms with Crippen LogP contribution >= 0.6 is 0 Å². The summed E-state index contributed by atoms with van der Waals surface area (Å²) in [5.41, 5.74) is 2.97. The number of carbonyl (C=O) groups is 1. The van der Waals surface area contributed by atoms with Gasteiger partial charge in [0, 0.05) is 50.8 Å². The van der Waals surface area contributed by atoms with Crippen molar-refractivity contribution in [2.45, 2.75) is 20.0 Å². The van der Waals surface area contributed by atoms with Crippen LogP contribution in [0.5, 0.6) is 0 Å². The van der Waals surface area contributed by atoms with Gasteiger partial charge in [0.25, 0.3) is 5.91 Å². The van der Waals surface area contributed by atoms with Crippen molar-refractivity contribution in [3.8, 4) is 0 Å². The van der Waals surface area contributed by atoms with Gasteiger partial charge in [0.2, 0.25) is 0 Å². The van der Waals surface area contributed by atoms with Crippen molar-refractivity contribution in [1.82, 2.24) is 9.47 Å². The fraction of sp³-hybridized carbons (Fsp3) is 0.312. The molecule has 0 spiro atoms. The first-order valence-corrected chi connectivity index (χ1v) is 6.80. The van der Waals surface area contributed by atoms with Crippen molar-refractivity contribution in [1.29, 1.82) is 0 Å². The molecule has 0 aliphatic heterocycles. The molecule has 1 heterocycles. The Bertz CT molecular complexity index is 570. The monoisotopic (exact) mass is 271 g/mol. The quantitative estimate of drug-likeness (QED) is 0.908. The molecule has 4 nitrogen and oxygen atoms in total. The summed E-state index contributed by atoms with van der Waals surface area (Å²) in [7, 11) is 3.51. The van der Waals surface area contributed by atoms with Crippen LogP contribution in [0.2, 0.25) is 0 Å². The third-order valence-electron chi connectivity index (χ3n) is 3.21. The highest BCUT2D eigenvalue weighted by Gasteiger charge is 2.06. The smallest absolute Gasteiger partial charge is 0.253 e. The zero-order valence-corrected chi connectivity index (χ0v) is 12.3. The average Bonchev–Trinajstić information content (AvgIpc) is 2.93. The van der Waals surface area contributed by atoms with Crippen molar-refractivity contribution in [3.63, 3.8) is 0 Å². The third-order valence-corrected chi connectivity index (χ3v) is 3.21. The van der Waals surface area contributed by atoms with Crippen LogP contribution in [0.3, 0.4) is 0 Å². The van der Waals surface area contributed by atoms with Gasteiger partial charge < -0.3 is 14.8 Å². The van der Waals surface area contributed by atoms with E-state index >= 15 is 0 Å². The number of hydrogen-bond acceptors (Lipinski definition) is 2. The lowest BCUT2D eigenvalue weighted by Gasteiger charge is -2.11. The minimum absolute atomic E-state index is 0.0246. The van der Waals surface area contributed by atoms with Gasteiger partial charge in [-0.25, -0.2) is 0 Å². The van der Waals surface area contributed by atoms with Crippen LogP contribution < -0.4 is 5.32 Å². The Morgan fingerprint density at radius 3 is 2.45 bits per heavy atom. The summed E-state index contributed by atoms with van der Waals surface area (Å²) < 4.78 is 2.15. The van der Waals surface area contributed by atoms with Gasteiger partial charge in [0.1, 0.15) is 0 Å². The molecule has 0 aliphatic rings. The normalized spacial score (nSPS) is 10.3. The molecule has 4 heteroatoms. The van der Waals surface area contributed by atoms with Gasteiger partial charge in [-0.15, -0.1) is 0 Å². The highest BCUT2D eigenvalue weighted by Crippen LogP contribution is 2.12. The molecule has 2 rings (SSSR count). The molecular formula is C16H21N3O. The van der Waals surface area contributed by atoms with Crippen molar-refractivity contribution in [3.05, 3.63) is 53.9 Å². The first kappa shape index (κ1) is 14.2. The Kier molecular flexibility index (Phi) is 4.45. The maximum atomic E-state index is 11.8. The van der Waals surface area contributed by atoms with Gasteiger partial charge in [0.05, 0.1) is 0 Å². The molecule has 0 unspecified atom stereocenters. The molecule has 0 aliphatic carbocycles. The van der Waals surface area contributed by atoms with E-state index in [0.717, 1.165) is 18.8 Å². The third kappa shape index (κ3) is 3.41. The standard InChI is InChI=1S/C16H21N3O/c1-4-19-10-9-13(12-19)11-17-15-7-5-14(6-8-15)16(20)18(2)3/h5-10,12,17H,4,11H2,1-3H3. The molecule has 1 amide bonds. The number of rotatable bonds is 5. The Labute approximate surface area is 120 Å². The fourth-order valence-electron chi connectivity index (χ4n) is 1.98. The van der Waals surface area contributed by atoms with Crippen LogP contribution in [0, 0.1) is 0 Å². The Hall–Kier alpha value is -2.23. The van der Waals surface area contributed by atoms with E-state index in [1.807, 2.05) is 24.3 Å². The summed E-state index contributed by atoms with van der Waals surface area (Å²) in [5, 5.41) is 3.36. The highest BCUT2D eigenvalue weighted by molar-refractivity contribution is 5.94. The van der Waals surface area contributed by atoms with Gasteiger partial charge in [0.15, 0.2) is 0 Å². The molecule has 0 saturated heterocycles. The van der Waals surface area contributed by atoms with E-state index < -0.39 is 0 Å². The van der Waals surface area contributed by atoms with E-state index in [0.29, 0.717) is 5.56 Å². The van der Waals surface area contributed by atoms with Gasteiger partial charge in [-0.1, -0.05) is 0 Å². The lowest BCUT2D eigenvalue weighted by Crippen LogP contribution is -2.21. The second-order valence-corrected chi connectivity index (χ2v) is 4.98. The van der Waals surface area contributed by atoms with E-state index in [1.165, 1.54) is 5.56 Å². The summed E-state index contributed by atoms with van der Waals surface area (Å²) in [5.74, 6) is 0.0246. The number of carbonyl (C=O) groups excluding carboxylic acids is 1. The SMILES string of the molecule is CCn1ccc(CNc2ccc(C(=O)N(C)C)cc2)c1. The van der Waals surface area contributed by atoms with E-state index in [9.17, 15) is 4.79 Å². The molecule has 2 aromatic rings. The number of nitrogens with one attached hydrogen (secondary N) is 1. The molecule has 1 N–H and O–H groups in total. The molecule has 0 atom stereocenters. The van der Waals surface area contributed by atoms with Crippen LogP contribution in [-0.2, 0) is 13.1 Å². The first-order chi connectivity index (χ1) is 9.60. The van der Waals surface area contributed by atoms with E-state index in [4.69, 9.17) is 0 Å². The second kappa shape index (κ2) is 6.28. The van der Waals surface area contributed by atoms with Gasteiger partial charge in [-0.05, 0) is 42.8 Å². The Morgan fingerprint density at radius 1 is 1.20 bits per heavy atom. The molecule has 20 heavy (non-hydrogen) atoms. The maximum Gasteiger partial charge on any atom is 0.253 e. The van der Waals surface area contributed by atoms with Crippen LogP contribution in [0.1, 0.15) is 22.8 Å². The molecule has 0 saturated carbocycles. The van der Waals surface area contributed by atoms with Gasteiger partial charge in [-0.2, -0.15) is 0 Å². The summed E-state index contributed by atoms with van der Waals surface area (Å²) in [6.07, 6.45) is 4.22. The minimum atomic E-state index is 0.0246. The topological polar surface area (TPSA) is 37.3 Å². The Balaban J connectivity index is 1.95. The summed E-state index contributed by atoms with van der Waals surface area (Å²) in [4.78, 5) is 13.4. The predicted molar refractivity (Wildman–Crippen MR) is 81.9 cm³/mol. The van der Waals surface area contributed by atoms with Gasteiger partial charge in [-0.3, -0.25) is 4.79 Å². The minimum Gasteiger partial charge on any atom is -0.381 e. The molecule has 1 aromatic heterocycles. The molecule has 106 valence electrons. The number of anilines is 1. The fourth-order valence-corrected chi connectivity index (χ4v) is 1.98. The average molecular weight is 271 g/mol. The van der Waals surface area contributed by atoms with Crippen molar-refractivity contribution < 1.29 is 4.79 Å². The zero-order valence-electron chi connectivity index (χ0n) is 12.3. The number of benzene rings is 1. The molecule has 0 radical (unpaired) electrons. The number of aryl methyl sites for hydroxylation is 1. The van der Waals surface area contributed by atoms with Gasteiger partial charge >= 0.3 is 0 Å². The summed E-state index contributed by atoms with van der Waals surface area (Å²) in [6, 6.07) is 9.69. The number of nitrogens with zero attached hydrogens (tertiary/aromatic N) is 2. The summed E-state index contributed by atoms with van der Waals surface area (Å²) >= 11 is 0. The van der Waals surface area contributed by atoms with E-state index in [-0.39, 0.29) is 5.91 Å². The summed E-state index contributed by atoms with van der Waals surface area (Å²) in [6.45, 7) is 3.90. The zero-order chi connectivity index (χ0) is 14.5. The Morgan fingerprint density at radius 2 is 1.90 bits per heavy atom. The first-order valence-electron chi connectivity index (χ1n) is 6.80. The molecule has 0 fully saturated rings. The van der Waals surface area contributed by atoms with Crippen molar-refractivity contribution >= 4 is 11.6 Å². The number of hydrogen-bond donors (Lipinski definition) is 1. The largest absolute Gasteiger partial charge is 0.381 e. The van der Waals surface area contributed by atoms with Crippen LogP contribution in [0.15, 0.2) is 42.7 Å². The van der Waals surface area contributed by atoms with Crippen LogP contribution in [0.4, 0.5) is 5.69 Å². The molecular weight excluding hydrogens is 250 g/mol. The van der Waals surface area contributed by atoms with Crippen LogP contribution in [0.25, 0.3) is 0 Å². The lowest BCUT2D eigenvalue weighted by molar-refractivity contribution is 0.0827. The van der Waals surface area contributed by atoms with Crippen LogP contribution in [-0.4, -0.2) is 29.5 Å². The number of aromatic nitrogens is 1. The van der Waals surface area contributed by atoms with E-state index in [2.05, 4.69) is 35.3 Å². The van der Waals surface area contributed by atoms with E-state index in [1.54, 1.807) is 19.0 Å². The molecule has 0 bridgehead atoms. The second-order valence-electron chi connectivity index (χ2n) is 4.98. The van der Waals surface area contributed by atoms with Crippen molar-refractivity contribution in [2.75, 3.05) is 19.4 Å². The van der Waals surface area contributed by atoms with Crippen molar-refractivity contribution in [2.24, 2.45) is 0 Å². The maximum absolute atomic E-state index is 11.8. The molecule has 1 aromatic carbocycles. The number of amides is 1. The lowest BCUT2D eigenvalue weighted by atomic mass is 10.2.